The summed E-state index contributed by atoms with van der Waals surface area (Å²) in [6.07, 6.45) is 0. The minimum absolute atomic E-state index is 0.130. The molecule has 0 radical (unpaired) electrons. The molecule has 0 aromatic heterocycles. The van der Waals surface area contributed by atoms with Crippen molar-refractivity contribution in [3.63, 3.8) is 0 Å². The van der Waals surface area contributed by atoms with Gasteiger partial charge in [-0.25, -0.2) is 0 Å². The molecule has 0 bridgehead atoms. The van der Waals surface area contributed by atoms with E-state index in [2.05, 4.69) is 0 Å². The standard InChI is InChI=1S/C22H26N2O6/c1-27-16-12-15(13-17(14-16)28-2)21(25)23-8-10-24(11-9-23)22(26)20-18(29-3)6-5-7-19(20)30-4/h5-7,12-14H,8-11H2,1-4H3. The van der Waals surface area contributed by atoms with Crippen LogP contribution < -0.4 is 18.9 Å². The van der Waals surface area contributed by atoms with Crippen molar-refractivity contribution in [2.45, 2.75) is 0 Å². The number of rotatable bonds is 6. The zero-order valence-corrected chi connectivity index (χ0v) is 17.6. The largest absolute Gasteiger partial charge is 0.497 e. The lowest BCUT2D eigenvalue weighted by Crippen LogP contribution is -2.50. The molecule has 1 saturated heterocycles. The third-order valence-corrected chi connectivity index (χ3v) is 5.09. The fourth-order valence-electron chi connectivity index (χ4n) is 3.45. The average molecular weight is 414 g/mol. The average Bonchev–Trinajstić information content (AvgIpc) is 2.82. The summed E-state index contributed by atoms with van der Waals surface area (Å²) in [7, 11) is 6.12. The van der Waals surface area contributed by atoms with Crippen molar-refractivity contribution < 1.29 is 28.5 Å². The molecule has 2 aromatic carbocycles. The zero-order valence-electron chi connectivity index (χ0n) is 17.6. The Bertz CT molecular complexity index is 877. The number of hydrogen-bond donors (Lipinski definition) is 0. The molecule has 0 unspecified atom stereocenters. The van der Waals surface area contributed by atoms with Gasteiger partial charge in [0.05, 0.1) is 28.4 Å². The van der Waals surface area contributed by atoms with E-state index in [1.807, 2.05) is 0 Å². The van der Waals surface area contributed by atoms with Crippen LogP contribution in [0.4, 0.5) is 0 Å². The van der Waals surface area contributed by atoms with Gasteiger partial charge in [-0.1, -0.05) is 6.07 Å². The fraction of sp³-hybridized carbons (Fsp3) is 0.364. The van der Waals surface area contributed by atoms with Crippen molar-refractivity contribution >= 4 is 11.8 Å². The molecule has 0 aliphatic carbocycles. The topological polar surface area (TPSA) is 77.5 Å². The van der Waals surface area contributed by atoms with Crippen molar-refractivity contribution in [3.05, 3.63) is 47.5 Å². The normalized spacial score (nSPS) is 13.6. The van der Waals surface area contributed by atoms with Crippen LogP contribution in [-0.4, -0.2) is 76.2 Å². The number of hydrogen-bond acceptors (Lipinski definition) is 6. The summed E-state index contributed by atoms with van der Waals surface area (Å²) in [5, 5.41) is 0. The van der Waals surface area contributed by atoms with Crippen LogP contribution in [0.2, 0.25) is 0 Å². The van der Waals surface area contributed by atoms with Gasteiger partial charge >= 0.3 is 0 Å². The predicted molar refractivity (Wildman–Crippen MR) is 111 cm³/mol. The van der Waals surface area contributed by atoms with Crippen molar-refractivity contribution in [2.24, 2.45) is 0 Å². The SMILES string of the molecule is COc1cc(OC)cc(C(=O)N2CCN(C(=O)c3c(OC)cccc3OC)CC2)c1. The predicted octanol–water partition coefficient (Wildman–Crippen LogP) is 2.32. The third-order valence-electron chi connectivity index (χ3n) is 5.09. The molecule has 1 fully saturated rings. The lowest BCUT2D eigenvalue weighted by Gasteiger charge is -2.35. The summed E-state index contributed by atoms with van der Waals surface area (Å²) < 4.78 is 21.2. The van der Waals surface area contributed by atoms with Gasteiger partial charge in [0.25, 0.3) is 11.8 Å². The van der Waals surface area contributed by atoms with Crippen LogP contribution >= 0.6 is 0 Å². The van der Waals surface area contributed by atoms with E-state index in [0.717, 1.165) is 0 Å². The number of piperazine rings is 1. The smallest absolute Gasteiger partial charge is 0.261 e. The molecule has 3 rings (SSSR count). The Morgan fingerprint density at radius 3 is 1.60 bits per heavy atom. The number of methoxy groups -OCH3 is 4. The summed E-state index contributed by atoms with van der Waals surface area (Å²) in [5.41, 5.74) is 0.872. The third kappa shape index (κ3) is 4.27. The second kappa shape index (κ2) is 9.39. The van der Waals surface area contributed by atoms with Crippen LogP contribution in [0.3, 0.4) is 0 Å². The first-order valence-corrected chi connectivity index (χ1v) is 9.55. The molecule has 2 amide bonds. The molecule has 0 saturated carbocycles. The van der Waals surface area contributed by atoms with Gasteiger partial charge in [0.15, 0.2) is 0 Å². The molecule has 0 spiro atoms. The molecule has 1 aliphatic heterocycles. The van der Waals surface area contributed by atoms with Crippen LogP contribution in [0.1, 0.15) is 20.7 Å². The number of carbonyl (C=O) groups is 2. The van der Waals surface area contributed by atoms with E-state index >= 15 is 0 Å². The van der Waals surface area contributed by atoms with Gasteiger partial charge in [0, 0.05) is 37.8 Å². The minimum Gasteiger partial charge on any atom is -0.497 e. The molecule has 8 heteroatoms. The van der Waals surface area contributed by atoms with Crippen molar-refractivity contribution in [3.8, 4) is 23.0 Å². The molecule has 2 aromatic rings. The number of amides is 2. The highest BCUT2D eigenvalue weighted by Crippen LogP contribution is 2.30. The quantitative estimate of drug-likeness (QED) is 0.722. The Kier molecular flexibility index (Phi) is 6.66. The van der Waals surface area contributed by atoms with Crippen molar-refractivity contribution in [1.29, 1.82) is 0 Å². The van der Waals surface area contributed by atoms with Crippen LogP contribution in [0.25, 0.3) is 0 Å². The highest BCUT2D eigenvalue weighted by molar-refractivity contribution is 6.00. The number of ether oxygens (including phenoxy) is 4. The van der Waals surface area contributed by atoms with E-state index in [1.54, 1.807) is 60.4 Å². The molecule has 0 N–H and O–H groups in total. The zero-order chi connectivity index (χ0) is 21.7. The second-order valence-corrected chi connectivity index (χ2v) is 6.72. The molecule has 160 valence electrons. The highest BCUT2D eigenvalue weighted by atomic mass is 16.5. The minimum atomic E-state index is -0.181. The Balaban J connectivity index is 1.72. The maximum Gasteiger partial charge on any atom is 0.261 e. The maximum atomic E-state index is 13.1. The van der Waals surface area contributed by atoms with E-state index in [-0.39, 0.29) is 11.8 Å². The Hall–Kier alpha value is -3.42. The van der Waals surface area contributed by atoms with Gasteiger partial charge in [-0.15, -0.1) is 0 Å². The van der Waals surface area contributed by atoms with Gasteiger partial charge < -0.3 is 28.7 Å². The molecule has 8 nitrogen and oxygen atoms in total. The first-order chi connectivity index (χ1) is 14.5. The Morgan fingerprint density at radius 1 is 0.700 bits per heavy atom. The Morgan fingerprint density at radius 2 is 1.17 bits per heavy atom. The summed E-state index contributed by atoms with van der Waals surface area (Å²) in [5.74, 6) is 1.71. The van der Waals surface area contributed by atoms with Crippen LogP contribution in [0.5, 0.6) is 23.0 Å². The maximum absolute atomic E-state index is 13.1. The fourth-order valence-corrected chi connectivity index (χ4v) is 3.45. The molecule has 1 aliphatic rings. The highest BCUT2D eigenvalue weighted by Gasteiger charge is 2.29. The van der Waals surface area contributed by atoms with Crippen LogP contribution in [0.15, 0.2) is 36.4 Å². The molecular formula is C22H26N2O6. The van der Waals surface area contributed by atoms with E-state index in [4.69, 9.17) is 18.9 Å². The number of carbonyl (C=O) groups excluding carboxylic acids is 2. The van der Waals surface area contributed by atoms with Crippen molar-refractivity contribution in [1.82, 2.24) is 9.80 Å². The Labute approximate surface area is 175 Å². The summed E-state index contributed by atoms with van der Waals surface area (Å²) >= 11 is 0. The second-order valence-electron chi connectivity index (χ2n) is 6.72. The molecular weight excluding hydrogens is 388 g/mol. The van der Waals surface area contributed by atoms with E-state index in [0.29, 0.717) is 60.3 Å². The summed E-state index contributed by atoms with van der Waals surface area (Å²) in [6.45, 7) is 1.66. The molecule has 0 atom stereocenters. The van der Waals surface area contributed by atoms with Gasteiger partial charge in [-0.2, -0.15) is 0 Å². The van der Waals surface area contributed by atoms with Crippen molar-refractivity contribution in [2.75, 3.05) is 54.6 Å². The van der Waals surface area contributed by atoms with Gasteiger partial charge in [0.1, 0.15) is 28.6 Å². The van der Waals surface area contributed by atoms with E-state index < -0.39 is 0 Å². The number of benzene rings is 2. The van der Waals surface area contributed by atoms with Crippen LogP contribution in [-0.2, 0) is 0 Å². The molecule has 1 heterocycles. The van der Waals surface area contributed by atoms with Gasteiger partial charge in [-0.05, 0) is 24.3 Å². The summed E-state index contributed by atoms with van der Waals surface area (Å²) in [6, 6.07) is 10.3. The monoisotopic (exact) mass is 414 g/mol. The van der Waals surface area contributed by atoms with E-state index in [1.165, 1.54) is 14.2 Å². The van der Waals surface area contributed by atoms with E-state index in [9.17, 15) is 9.59 Å². The first kappa shape index (κ1) is 21.3. The lowest BCUT2D eigenvalue weighted by molar-refractivity contribution is 0.0531. The summed E-state index contributed by atoms with van der Waals surface area (Å²) in [4.78, 5) is 29.5. The van der Waals surface area contributed by atoms with Gasteiger partial charge in [0.2, 0.25) is 0 Å². The lowest BCUT2D eigenvalue weighted by atomic mass is 10.1. The van der Waals surface area contributed by atoms with Crippen LogP contribution in [0, 0.1) is 0 Å². The molecule has 30 heavy (non-hydrogen) atoms. The number of nitrogens with zero attached hydrogens (tertiary/aromatic N) is 2. The van der Waals surface area contributed by atoms with Gasteiger partial charge in [-0.3, -0.25) is 9.59 Å². The first-order valence-electron chi connectivity index (χ1n) is 9.55.